The van der Waals surface area contributed by atoms with Gasteiger partial charge in [0.05, 0.1) is 6.10 Å². The summed E-state index contributed by atoms with van der Waals surface area (Å²) in [6.07, 6.45) is 2.03. The van der Waals surface area contributed by atoms with Crippen LogP contribution in [0.4, 0.5) is 0 Å². The van der Waals surface area contributed by atoms with Gasteiger partial charge < -0.3 is 5.11 Å². The van der Waals surface area contributed by atoms with Crippen molar-refractivity contribution < 1.29 is 13.5 Å². The van der Waals surface area contributed by atoms with Gasteiger partial charge in [0.2, 0.25) is 0 Å². The Morgan fingerprint density at radius 1 is 1.35 bits per heavy atom. The van der Waals surface area contributed by atoms with E-state index in [4.69, 9.17) is 0 Å². The molecule has 2 N–H and O–H groups in total. The molecule has 5 nitrogen and oxygen atoms in total. The number of hydrogen-bond donors (Lipinski definition) is 2. The van der Waals surface area contributed by atoms with E-state index in [1.807, 2.05) is 25.1 Å². The molecule has 2 unspecified atom stereocenters. The number of aliphatic hydroxyl groups is 1. The Bertz CT molecular complexity index is 518. The maximum Gasteiger partial charge on any atom is 0.279 e. The second-order valence-electron chi connectivity index (χ2n) is 5.24. The summed E-state index contributed by atoms with van der Waals surface area (Å²) in [6.45, 7) is 2.47. The van der Waals surface area contributed by atoms with Gasteiger partial charge in [0, 0.05) is 19.1 Å². The highest BCUT2D eigenvalue weighted by atomic mass is 32.2. The van der Waals surface area contributed by atoms with Gasteiger partial charge in [-0.3, -0.25) is 0 Å². The quantitative estimate of drug-likeness (QED) is 0.864. The fraction of sp³-hybridized carbons (Fsp3) is 0.571. The van der Waals surface area contributed by atoms with Crippen LogP contribution in [0.3, 0.4) is 0 Å². The van der Waals surface area contributed by atoms with Crippen molar-refractivity contribution in [1.82, 2.24) is 9.03 Å². The summed E-state index contributed by atoms with van der Waals surface area (Å²) in [5, 5.41) is 10.0. The summed E-state index contributed by atoms with van der Waals surface area (Å²) in [4.78, 5) is 0. The van der Waals surface area contributed by atoms with E-state index < -0.39 is 16.3 Å². The highest BCUT2D eigenvalue weighted by Gasteiger charge is 2.29. The molecule has 0 saturated carbocycles. The molecule has 0 aliphatic carbocycles. The van der Waals surface area contributed by atoms with E-state index in [1.165, 1.54) is 4.31 Å². The molecule has 2 rings (SSSR count). The van der Waals surface area contributed by atoms with Gasteiger partial charge in [0.15, 0.2) is 0 Å². The van der Waals surface area contributed by atoms with Gasteiger partial charge in [-0.15, -0.1) is 0 Å². The molecular weight excluding hydrogens is 276 g/mol. The van der Waals surface area contributed by atoms with Crippen LogP contribution in [0, 0.1) is 0 Å². The summed E-state index contributed by atoms with van der Waals surface area (Å²) in [6, 6.07) is 9.08. The minimum absolute atomic E-state index is 0.00440. The molecule has 20 heavy (non-hydrogen) atoms. The van der Waals surface area contributed by atoms with E-state index in [1.54, 1.807) is 12.1 Å². The van der Waals surface area contributed by atoms with Crippen molar-refractivity contribution in [2.45, 2.75) is 38.3 Å². The van der Waals surface area contributed by atoms with Crippen LogP contribution in [0.25, 0.3) is 0 Å². The third-order valence-electron chi connectivity index (χ3n) is 3.69. The predicted octanol–water partition coefficient (Wildman–Crippen LogP) is 1.43. The van der Waals surface area contributed by atoms with Gasteiger partial charge in [0.25, 0.3) is 10.2 Å². The minimum Gasteiger partial charge on any atom is -0.387 e. The predicted molar refractivity (Wildman–Crippen MR) is 78.3 cm³/mol. The Labute approximate surface area is 120 Å². The Morgan fingerprint density at radius 3 is 2.70 bits per heavy atom. The molecular formula is C14H22N2O3S. The van der Waals surface area contributed by atoms with Gasteiger partial charge in [-0.05, 0) is 25.3 Å². The first-order chi connectivity index (χ1) is 9.50. The average molecular weight is 298 g/mol. The van der Waals surface area contributed by atoms with Gasteiger partial charge in [-0.2, -0.15) is 17.4 Å². The fourth-order valence-electron chi connectivity index (χ4n) is 2.49. The summed E-state index contributed by atoms with van der Waals surface area (Å²) >= 11 is 0. The topological polar surface area (TPSA) is 69.6 Å². The first-order valence-electron chi connectivity index (χ1n) is 7.00. The number of nitrogens with one attached hydrogen (secondary N) is 1. The van der Waals surface area contributed by atoms with E-state index in [-0.39, 0.29) is 12.6 Å². The van der Waals surface area contributed by atoms with Crippen LogP contribution in [0.2, 0.25) is 0 Å². The number of nitrogens with zero attached hydrogens (tertiary/aromatic N) is 1. The SMILES string of the molecule is CC1CCCCN1S(=O)(=O)NCC(O)c1ccccc1. The Hall–Kier alpha value is -0.950. The zero-order chi connectivity index (χ0) is 14.6. The third-order valence-corrected chi connectivity index (χ3v) is 5.39. The molecule has 1 heterocycles. The highest BCUT2D eigenvalue weighted by Crippen LogP contribution is 2.19. The molecule has 0 bridgehead atoms. The smallest absolute Gasteiger partial charge is 0.279 e. The zero-order valence-corrected chi connectivity index (χ0v) is 12.5. The lowest BCUT2D eigenvalue weighted by molar-refractivity contribution is 0.179. The third kappa shape index (κ3) is 3.79. The molecule has 0 amide bonds. The molecule has 1 aliphatic heterocycles. The normalized spacial score (nSPS) is 22.6. The number of hydrogen-bond acceptors (Lipinski definition) is 3. The maximum atomic E-state index is 12.2. The standard InChI is InChI=1S/C14H22N2O3S/c1-12-7-5-6-10-16(12)20(18,19)15-11-14(17)13-8-3-2-4-9-13/h2-4,8-9,12,14-15,17H,5-7,10-11H2,1H3. The monoisotopic (exact) mass is 298 g/mol. The van der Waals surface area contributed by atoms with Crippen LogP contribution >= 0.6 is 0 Å². The first kappa shape index (κ1) is 15.4. The second-order valence-corrected chi connectivity index (χ2v) is 6.94. The minimum atomic E-state index is -3.51. The Kier molecular flexibility index (Phi) is 5.15. The first-order valence-corrected chi connectivity index (χ1v) is 8.44. The van der Waals surface area contributed by atoms with Crippen LogP contribution in [-0.4, -0.2) is 37.0 Å². The molecule has 112 valence electrons. The van der Waals surface area contributed by atoms with Crippen molar-refractivity contribution >= 4 is 10.2 Å². The van der Waals surface area contributed by atoms with E-state index in [2.05, 4.69) is 4.72 Å². The summed E-state index contributed by atoms with van der Waals surface area (Å²) in [7, 11) is -3.51. The summed E-state index contributed by atoms with van der Waals surface area (Å²) < 4.78 is 28.5. The number of piperidine rings is 1. The average Bonchev–Trinajstić information content (AvgIpc) is 2.46. The molecule has 1 aromatic rings. The lowest BCUT2D eigenvalue weighted by atomic mass is 10.1. The molecule has 1 aromatic carbocycles. The Balaban J connectivity index is 1.95. The van der Waals surface area contributed by atoms with Gasteiger partial charge >= 0.3 is 0 Å². The number of benzene rings is 1. The molecule has 1 saturated heterocycles. The number of aliphatic hydroxyl groups excluding tert-OH is 1. The van der Waals surface area contributed by atoms with E-state index >= 15 is 0 Å². The second kappa shape index (κ2) is 6.67. The van der Waals surface area contributed by atoms with Crippen molar-refractivity contribution in [3.05, 3.63) is 35.9 Å². The van der Waals surface area contributed by atoms with Crippen molar-refractivity contribution in [3.63, 3.8) is 0 Å². The van der Waals surface area contributed by atoms with Crippen molar-refractivity contribution in [3.8, 4) is 0 Å². The molecule has 0 radical (unpaired) electrons. The molecule has 0 aromatic heterocycles. The Morgan fingerprint density at radius 2 is 2.05 bits per heavy atom. The van der Waals surface area contributed by atoms with Gasteiger partial charge in [-0.25, -0.2) is 0 Å². The van der Waals surface area contributed by atoms with Crippen LogP contribution < -0.4 is 4.72 Å². The molecule has 1 fully saturated rings. The van der Waals surface area contributed by atoms with E-state index in [0.717, 1.165) is 19.3 Å². The largest absolute Gasteiger partial charge is 0.387 e. The number of rotatable bonds is 5. The zero-order valence-electron chi connectivity index (χ0n) is 11.7. The maximum absolute atomic E-state index is 12.2. The summed E-state index contributed by atoms with van der Waals surface area (Å²) in [5.41, 5.74) is 0.710. The van der Waals surface area contributed by atoms with Crippen molar-refractivity contribution in [2.24, 2.45) is 0 Å². The van der Waals surface area contributed by atoms with E-state index in [0.29, 0.717) is 12.1 Å². The van der Waals surface area contributed by atoms with Crippen LogP contribution in [0.15, 0.2) is 30.3 Å². The van der Waals surface area contributed by atoms with Crippen LogP contribution in [0.1, 0.15) is 37.9 Å². The molecule has 1 aliphatic rings. The van der Waals surface area contributed by atoms with Crippen molar-refractivity contribution in [1.29, 1.82) is 0 Å². The lowest BCUT2D eigenvalue weighted by Gasteiger charge is -2.32. The van der Waals surface area contributed by atoms with Gasteiger partial charge in [0.1, 0.15) is 0 Å². The molecule has 6 heteroatoms. The fourth-order valence-corrected chi connectivity index (χ4v) is 3.97. The molecule has 0 spiro atoms. The summed E-state index contributed by atoms with van der Waals surface area (Å²) in [5.74, 6) is 0. The van der Waals surface area contributed by atoms with E-state index in [9.17, 15) is 13.5 Å². The lowest BCUT2D eigenvalue weighted by Crippen LogP contribution is -2.48. The highest BCUT2D eigenvalue weighted by molar-refractivity contribution is 7.87. The van der Waals surface area contributed by atoms with Crippen LogP contribution in [-0.2, 0) is 10.2 Å². The molecule has 2 atom stereocenters. The van der Waals surface area contributed by atoms with Gasteiger partial charge in [-0.1, -0.05) is 36.8 Å². The van der Waals surface area contributed by atoms with Crippen LogP contribution in [0.5, 0.6) is 0 Å². The van der Waals surface area contributed by atoms with Crippen molar-refractivity contribution in [2.75, 3.05) is 13.1 Å².